The standard InChI is InChI=1S/C21H16F2N4O3S/c1-13-18(26-21-24-10-5-11-27(13)21)14-6-4-7-15(12-14)25-19(28)16-8-2-3-9-17(16)31(29,30)20(22)23/h2-12,20H,1H3,(H,25,28). The SMILES string of the molecule is Cc1c(-c2cccc(NC(=O)c3ccccc3S(=O)(=O)C(F)F)c2)nc2ncccn12. The number of amides is 1. The number of halogens is 2. The van der Waals surface area contributed by atoms with Crippen molar-refractivity contribution in [3.05, 3.63) is 78.2 Å². The third kappa shape index (κ3) is 3.77. The molecule has 4 rings (SSSR count). The number of aromatic nitrogens is 3. The zero-order chi connectivity index (χ0) is 22.2. The largest absolute Gasteiger partial charge is 0.341 e. The highest BCUT2D eigenvalue weighted by molar-refractivity contribution is 7.91. The summed E-state index contributed by atoms with van der Waals surface area (Å²) in [6.45, 7) is 1.88. The molecule has 31 heavy (non-hydrogen) atoms. The molecule has 1 N–H and O–H groups in total. The number of carbonyl (C=O) groups excluding carboxylic acids is 1. The minimum absolute atomic E-state index is 0.358. The first-order valence-electron chi connectivity index (χ1n) is 9.11. The van der Waals surface area contributed by atoms with Crippen LogP contribution < -0.4 is 5.32 Å². The molecule has 0 aliphatic carbocycles. The summed E-state index contributed by atoms with van der Waals surface area (Å²) in [5.74, 6) is -3.92. The summed E-state index contributed by atoms with van der Waals surface area (Å²) >= 11 is 0. The number of rotatable bonds is 5. The first kappa shape index (κ1) is 20.6. The zero-order valence-corrected chi connectivity index (χ0v) is 17.0. The van der Waals surface area contributed by atoms with Gasteiger partial charge in [0.2, 0.25) is 15.6 Å². The van der Waals surface area contributed by atoms with Crippen LogP contribution in [0.15, 0.2) is 71.9 Å². The molecule has 0 spiro atoms. The average molecular weight is 442 g/mol. The fraction of sp³-hybridized carbons (Fsp3) is 0.0952. The van der Waals surface area contributed by atoms with E-state index in [1.54, 1.807) is 36.5 Å². The van der Waals surface area contributed by atoms with Crippen LogP contribution >= 0.6 is 0 Å². The lowest BCUT2D eigenvalue weighted by Gasteiger charge is -2.11. The van der Waals surface area contributed by atoms with Crippen molar-refractivity contribution in [1.82, 2.24) is 14.4 Å². The van der Waals surface area contributed by atoms with Gasteiger partial charge in [0.1, 0.15) is 0 Å². The maximum atomic E-state index is 13.0. The fourth-order valence-corrected chi connectivity index (χ4v) is 4.14. The van der Waals surface area contributed by atoms with Gasteiger partial charge in [-0.2, -0.15) is 8.78 Å². The minimum Gasteiger partial charge on any atom is -0.322 e. The maximum Gasteiger partial charge on any atom is 0.341 e. The topological polar surface area (TPSA) is 93.4 Å². The van der Waals surface area contributed by atoms with Crippen LogP contribution in [-0.2, 0) is 9.84 Å². The van der Waals surface area contributed by atoms with Crippen molar-refractivity contribution in [3.63, 3.8) is 0 Å². The molecule has 4 aromatic rings. The van der Waals surface area contributed by atoms with Crippen molar-refractivity contribution in [2.75, 3.05) is 5.32 Å². The van der Waals surface area contributed by atoms with E-state index >= 15 is 0 Å². The Morgan fingerprint density at radius 2 is 1.87 bits per heavy atom. The Morgan fingerprint density at radius 3 is 2.61 bits per heavy atom. The van der Waals surface area contributed by atoms with Crippen molar-refractivity contribution in [3.8, 4) is 11.3 Å². The normalized spacial score (nSPS) is 11.7. The number of nitrogens with zero attached hydrogens (tertiary/aromatic N) is 3. The second-order valence-corrected chi connectivity index (χ2v) is 8.56. The van der Waals surface area contributed by atoms with Crippen molar-refractivity contribution < 1.29 is 22.0 Å². The zero-order valence-electron chi connectivity index (χ0n) is 16.2. The number of nitrogens with one attached hydrogen (secondary N) is 1. The molecule has 2 aromatic heterocycles. The number of anilines is 1. The monoisotopic (exact) mass is 442 g/mol. The highest BCUT2D eigenvalue weighted by Gasteiger charge is 2.30. The summed E-state index contributed by atoms with van der Waals surface area (Å²) in [4.78, 5) is 20.7. The van der Waals surface area contributed by atoms with Gasteiger partial charge >= 0.3 is 5.76 Å². The van der Waals surface area contributed by atoms with Crippen molar-refractivity contribution in [2.24, 2.45) is 0 Å². The van der Waals surface area contributed by atoms with E-state index in [-0.39, 0.29) is 5.56 Å². The molecular formula is C21H16F2N4O3S. The maximum absolute atomic E-state index is 13.0. The summed E-state index contributed by atoms with van der Waals surface area (Å²) in [6, 6.07) is 13.4. The van der Waals surface area contributed by atoms with Gasteiger partial charge in [-0.1, -0.05) is 24.3 Å². The van der Waals surface area contributed by atoms with E-state index in [1.807, 2.05) is 17.5 Å². The van der Waals surface area contributed by atoms with Gasteiger partial charge in [0.15, 0.2) is 0 Å². The van der Waals surface area contributed by atoms with E-state index < -0.39 is 26.4 Å². The Bertz CT molecular complexity index is 1400. The molecule has 0 unspecified atom stereocenters. The lowest BCUT2D eigenvalue weighted by Crippen LogP contribution is -2.19. The Morgan fingerprint density at radius 1 is 1.10 bits per heavy atom. The highest BCUT2D eigenvalue weighted by Crippen LogP contribution is 2.27. The number of fused-ring (bicyclic) bond motifs is 1. The Kier molecular flexibility index (Phi) is 5.24. The number of aryl methyl sites for hydroxylation is 1. The van der Waals surface area contributed by atoms with Crippen LogP contribution in [0.2, 0.25) is 0 Å². The number of hydrogen-bond acceptors (Lipinski definition) is 5. The van der Waals surface area contributed by atoms with Crippen molar-refractivity contribution in [1.29, 1.82) is 0 Å². The van der Waals surface area contributed by atoms with Crippen LogP contribution in [0.25, 0.3) is 17.0 Å². The molecule has 0 aliphatic heterocycles. The molecule has 0 atom stereocenters. The first-order valence-corrected chi connectivity index (χ1v) is 10.7. The van der Waals surface area contributed by atoms with E-state index in [4.69, 9.17) is 0 Å². The third-order valence-corrected chi connectivity index (χ3v) is 6.15. The summed E-state index contributed by atoms with van der Waals surface area (Å²) in [6.07, 6.45) is 3.47. The van der Waals surface area contributed by atoms with E-state index in [0.29, 0.717) is 22.7 Å². The molecular weight excluding hydrogens is 426 g/mol. The number of imidazole rings is 1. The molecule has 0 radical (unpaired) electrons. The fourth-order valence-electron chi connectivity index (χ4n) is 3.22. The third-order valence-electron chi connectivity index (χ3n) is 4.71. The van der Waals surface area contributed by atoms with Gasteiger partial charge in [0.25, 0.3) is 5.91 Å². The quantitative estimate of drug-likeness (QED) is 0.505. The van der Waals surface area contributed by atoms with Gasteiger partial charge in [-0.05, 0) is 37.3 Å². The van der Waals surface area contributed by atoms with Crippen LogP contribution in [0, 0.1) is 6.92 Å². The van der Waals surface area contributed by atoms with Crippen molar-refractivity contribution >= 4 is 27.2 Å². The number of hydrogen-bond donors (Lipinski definition) is 1. The van der Waals surface area contributed by atoms with Gasteiger partial charge in [0.05, 0.1) is 16.2 Å². The molecule has 0 aliphatic rings. The van der Waals surface area contributed by atoms with E-state index in [9.17, 15) is 22.0 Å². The number of alkyl halides is 2. The van der Waals surface area contributed by atoms with Gasteiger partial charge < -0.3 is 5.32 Å². The summed E-state index contributed by atoms with van der Waals surface area (Å²) in [7, 11) is -4.93. The van der Waals surface area contributed by atoms with Crippen LogP contribution in [0.1, 0.15) is 16.1 Å². The summed E-state index contributed by atoms with van der Waals surface area (Å²) in [5, 5.41) is 2.57. The lowest BCUT2D eigenvalue weighted by atomic mass is 10.1. The minimum atomic E-state index is -4.93. The van der Waals surface area contributed by atoms with Crippen molar-refractivity contribution in [2.45, 2.75) is 17.6 Å². The summed E-state index contributed by atoms with van der Waals surface area (Å²) < 4.78 is 51.7. The predicted molar refractivity (Wildman–Crippen MR) is 111 cm³/mol. The Hall–Kier alpha value is -3.66. The van der Waals surface area contributed by atoms with Gasteiger partial charge in [-0.3, -0.25) is 9.20 Å². The summed E-state index contributed by atoms with van der Waals surface area (Å²) in [5.41, 5.74) is 2.21. The number of carbonyl (C=O) groups is 1. The molecule has 158 valence electrons. The second kappa shape index (κ2) is 7.88. The molecule has 0 bridgehead atoms. The lowest BCUT2D eigenvalue weighted by molar-refractivity contribution is 0.102. The molecule has 2 heterocycles. The number of sulfone groups is 1. The van der Waals surface area contributed by atoms with Crippen LogP contribution in [0.3, 0.4) is 0 Å². The second-order valence-electron chi connectivity index (χ2n) is 6.67. The van der Waals surface area contributed by atoms with Crippen LogP contribution in [0.5, 0.6) is 0 Å². The van der Waals surface area contributed by atoms with E-state index in [1.165, 1.54) is 18.2 Å². The first-order chi connectivity index (χ1) is 14.8. The molecule has 10 heteroatoms. The van der Waals surface area contributed by atoms with Gasteiger partial charge in [-0.25, -0.2) is 18.4 Å². The van der Waals surface area contributed by atoms with E-state index in [2.05, 4.69) is 15.3 Å². The molecule has 1 amide bonds. The predicted octanol–water partition coefficient (Wildman–Crippen LogP) is 3.95. The molecule has 0 saturated heterocycles. The molecule has 0 fully saturated rings. The Balaban J connectivity index is 1.68. The van der Waals surface area contributed by atoms with Gasteiger partial charge in [-0.15, -0.1) is 0 Å². The van der Waals surface area contributed by atoms with Crippen LogP contribution in [0.4, 0.5) is 14.5 Å². The van der Waals surface area contributed by atoms with E-state index in [0.717, 1.165) is 11.8 Å². The molecule has 7 nitrogen and oxygen atoms in total. The highest BCUT2D eigenvalue weighted by atomic mass is 32.2. The molecule has 0 saturated carbocycles. The average Bonchev–Trinajstić information content (AvgIpc) is 3.10. The van der Waals surface area contributed by atoms with Crippen LogP contribution in [-0.4, -0.2) is 34.5 Å². The smallest absolute Gasteiger partial charge is 0.322 e. The Labute approximate surface area is 176 Å². The van der Waals surface area contributed by atoms with Gasteiger partial charge in [0, 0.05) is 29.3 Å². The number of benzene rings is 2. The molecule has 2 aromatic carbocycles.